The second-order valence-corrected chi connectivity index (χ2v) is 8.86. The molecule has 1 heterocycles. The zero-order valence-electron chi connectivity index (χ0n) is 14.2. The number of nitrogens with zero attached hydrogens (tertiary/aromatic N) is 2. The van der Waals surface area contributed by atoms with E-state index in [0.717, 1.165) is 52.0 Å². The molecular weight excluding hydrogens is 302 g/mol. The van der Waals surface area contributed by atoms with Gasteiger partial charge in [-0.25, -0.2) is 4.72 Å². The van der Waals surface area contributed by atoms with Gasteiger partial charge in [-0.1, -0.05) is 19.3 Å². The number of hydrogen-bond acceptors (Lipinski definition) is 4. The Morgan fingerprint density at radius 2 is 1.77 bits per heavy atom. The normalized spacial score (nSPS) is 23.1. The molecule has 0 spiro atoms. The maximum atomic E-state index is 12.5. The van der Waals surface area contributed by atoms with Gasteiger partial charge in [0.2, 0.25) is 0 Å². The molecular formula is C15H31N3O3S. The van der Waals surface area contributed by atoms with Crippen LogP contribution in [-0.2, 0) is 14.9 Å². The molecule has 0 amide bonds. The van der Waals surface area contributed by atoms with Crippen LogP contribution in [0.5, 0.6) is 0 Å². The zero-order chi connectivity index (χ0) is 16.2. The summed E-state index contributed by atoms with van der Waals surface area (Å²) in [4.78, 5) is 2.29. The molecule has 1 aliphatic heterocycles. The predicted octanol–water partition coefficient (Wildman–Crippen LogP) is 1.20. The van der Waals surface area contributed by atoms with Crippen molar-refractivity contribution in [3.05, 3.63) is 0 Å². The topological polar surface area (TPSA) is 61.9 Å². The van der Waals surface area contributed by atoms with Gasteiger partial charge in [0, 0.05) is 38.3 Å². The van der Waals surface area contributed by atoms with Crippen LogP contribution in [-0.4, -0.2) is 69.1 Å². The summed E-state index contributed by atoms with van der Waals surface area (Å²) >= 11 is 0. The van der Waals surface area contributed by atoms with Gasteiger partial charge in [0.15, 0.2) is 0 Å². The van der Waals surface area contributed by atoms with Gasteiger partial charge in [-0.2, -0.15) is 12.7 Å². The van der Waals surface area contributed by atoms with Gasteiger partial charge in [0.05, 0.1) is 13.2 Å². The molecule has 1 saturated carbocycles. The van der Waals surface area contributed by atoms with Crippen LogP contribution in [0.4, 0.5) is 0 Å². The lowest BCUT2D eigenvalue weighted by molar-refractivity contribution is -0.00814. The molecule has 2 fully saturated rings. The Hall–Kier alpha value is -0.210. The number of nitrogens with one attached hydrogen (secondary N) is 1. The standard InChI is InChI=1S/C15H31N3O3S/c1-15(2,18-9-11-21-12-10-18)13-16-22(19,20)17(3)14-7-5-4-6-8-14/h14,16H,4-13H2,1-3H3. The minimum Gasteiger partial charge on any atom is -0.379 e. The highest BCUT2D eigenvalue weighted by Gasteiger charge is 2.32. The molecule has 22 heavy (non-hydrogen) atoms. The lowest BCUT2D eigenvalue weighted by atomic mass is 9.96. The Bertz CT molecular complexity index is 441. The van der Waals surface area contributed by atoms with Crippen LogP contribution in [0.1, 0.15) is 46.0 Å². The van der Waals surface area contributed by atoms with Crippen molar-refractivity contribution in [3.63, 3.8) is 0 Å². The van der Waals surface area contributed by atoms with Crippen molar-refractivity contribution < 1.29 is 13.2 Å². The van der Waals surface area contributed by atoms with Crippen molar-refractivity contribution in [1.29, 1.82) is 0 Å². The van der Waals surface area contributed by atoms with E-state index in [0.29, 0.717) is 6.54 Å². The van der Waals surface area contributed by atoms with E-state index in [2.05, 4.69) is 23.5 Å². The summed E-state index contributed by atoms with van der Waals surface area (Å²) in [6.07, 6.45) is 5.43. The lowest BCUT2D eigenvalue weighted by Crippen LogP contribution is -2.57. The van der Waals surface area contributed by atoms with Crippen molar-refractivity contribution in [1.82, 2.24) is 13.9 Å². The minimum atomic E-state index is -3.41. The molecule has 0 radical (unpaired) electrons. The third kappa shape index (κ3) is 4.64. The first-order valence-corrected chi connectivity index (χ1v) is 9.82. The highest BCUT2D eigenvalue weighted by molar-refractivity contribution is 7.87. The smallest absolute Gasteiger partial charge is 0.279 e. The molecule has 0 aromatic carbocycles. The van der Waals surface area contributed by atoms with Gasteiger partial charge < -0.3 is 4.74 Å². The van der Waals surface area contributed by atoms with Crippen LogP contribution in [0.15, 0.2) is 0 Å². The number of rotatable bonds is 6. The highest BCUT2D eigenvalue weighted by Crippen LogP contribution is 2.23. The molecule has 2 rings (SSSR count). The lowest BCUT2D eigenvalue weighted by Gasteiger charge is -2.41. The summed E-state index contributed by atoms with van der Waals surface area (Å²) < 4.78 is 34.8. The molecule has 7 heteroatoms. The van der Waals surface area contributed by atoms with Crippen LogP contribution in [0, 0.1) is 0 Å². The molecule has 1 N–H and O–H groups in total. The Kier molecular flexibility index (Phi) is 6.24. The van der Waals surface area contributed by atoms with Gasteiger partial charge in [0.25, 0.3) is 10.2 Å². The molecule has 6 nitrogen and oxygen atoms in total. The Labute approximate surface area is 135 Å². The van der Waals surface area contributed by atoms with Crippen LogP contribution in [0.25, 0.3) is 0 Å². The molecule has 1 aliphatic carbocycles. The summed E-state index contributed by atoms with van der Waals surface area (Å²) in [5.41, 5.74) is -0.204. The van der Waals surface area contributed by atoms with Gasteiger partial charge in [-0.15, -0.1) is 0 Å². The molecule has 0 aromatic rings. The fourth-order valence-electron chi connectivity index (χ4n) is 3.29. The Morgan fingerprint density at radius 3 is 2.36 bits per heavy atom. The maximum Gasteiger partial charge on any atom is 0.279 e. The summed E-state index contributed by atoms with van der Waals surface area (Å²) in [7, 11) is -1.70. The largest absolute Gasteiger partial charge is 0.379 e. The Morgan fingerprint density at radius 1 is 1.18 bits per heavy atom. The van der Waals surface area contributed by atoms with E-state index in [9.17, 15) is 8.42 Å². The first-order chi connectivity index (χ1) is 10.3. The number of ether oxygens (including phenoxy) is 1. The summed E-state index contributed by atoms with van der Waals surface area (Å²) in [6.45, 7) is 7.74. The van der Waals surface area contributed by atoms with E-state index in [1.807, 2.05) is 0 Å². The highest BCUT2D eigenvalue weighted by atomic mass is 32.2. The molecule has 0 atom stereocenters. The van der Waals surface area contributed by atoms with Gasteiger partial charge >= 0.3 is 0 Å². The molecule has 1 saturated heterocycles. The molecule has 0 unspecified atom stereocenters. The van der Waals surface area contributed by atoms with Crippen molar-refractivity contribution in [2.24, 2.45) is 0 Å². The average molecular weight is 333 g/mol. The third-order valence-corrected chi connectivity index (χ3v) is 6.59. The van der Waals surface area contributed by atoms with Crippen LogP contribution in [0.3, 0.4) is 0 Å². The van der Waals surface area contributed by atoms with E-state index in [4.69, 9.17) is 4.74 Å². The second kappa shape index (κ2) is 7.57. The quantitative estimate of drug-likeness (QED) is 0.793. The van der Waals surface area contributed by atoms with Crippen molar-refractivity contribution in [3.8, 4) is 0 Å². The van der Waals surface area contributed by atoms with E-state index >= 15 is 0 Å². The monoisotopic (exact) mass is 333 g/mol. The number of morpholine rings is 1. The van der Waals surface area contributed by atoms with Crippen LogP contribution in [0.2, 0.25) is 0 Å². The van der Waals surface area contributed by atoms with Gasteiger partial charge in [-0.3, -0.25) is 4.90 Å². The van der Waals surface area contributed by atoms with Crippen LogP contribution < -0.4 is 4.72 Å². The predicted molar refractivity (Wildman–Crippen MR) is 88.0 cm³/mol. The summed E-state index contributed by atoms with van der Waals surface area (Å²) in [6, 6.07) is 0.151. The molecule has 2 aliphatic rings. The third-order valence-electron chi connectivity index (χ3n) is 5.02. The summed E-state index contributed by atoms with van der Waals surface area (Å²) in [5, 5.41) is 0. The zero-order valence-corrected chi connectivity index (χ0v) is 15.0. The Balaban J connectivity index is 1.90. The van der Waals surface area contributed by atoms with E-state index in [1.165, 1.54) is 6.42 Å². The van der Waals surface area contributed by atoms with Crippen molar-refractivity contribution >= 4 is 10.2 Å². The number of hydrogen-bond donors (Lipinski definition) is 1. The average Bonchev–Trinajstić information content (AvgIpc) is 2.54. The minimum absolute atomic E-state index is 0.151. The molecule has 130 valence electrons. The fraction of sp³-hybridized carbons (Fsp3) is 1.00. The van der Waals surface area contributed by atoms with Crippen molar-refractivity contribution in [2.45, 2.75) is 57.5 Å². The molecule has 0 bridgehead atoms. The van der Waals surface area contributed by atoms with Gasteiger partial charge in [-0.05, 0) is 26.7 Å². The van der Waals surface area contributed by atoms with Crippen molar-refractivity contribution in [2.75, 3.05) is 39.9 Å². The fourth-order valence-corrected chi connectivity index (χ4v) is 4.63. The van der Waals surface area contributed by atoms with E-state index in [1.54, 1.807) is 11.4 Å². The van der Waals surface area contributed by atoms with Crippen LogP contribution >= 0.6 is 0 Å². The first-order valence-electron chi connectivity index (χ1n) is 8.38. The SMILES string of the molecule is CN(C1CCCCC1)S(=O)(=O)NCC(C)(C)N1CCOCC1. The van der Waals surface area contributed by atoms with E-state index in [-0.39, 0.29) is 11.6 Å². The van der Waals surface area contributed by atoms with E-state index < -0.39 is 10.2 Å². The summed E-state index contributed by atoms with van der Waals surface area (Å²) in [5.74, 6) is 0. The first kappa shape index (κ1) is 18.1. The second-order valence-electron chi connectivity index (χ2n) is 7.05. The van der Waals surface area contributed by atoms with Gasteiger partial charge in [0.1, 0.15) is 0 Å². The molecule has 0 aromatic heterocycles. The maximum absolute atomic E-state index is 12.5.